The van der Waals surface area contributed by atoms with Crippen molar-refractivity contribution in [1.82, 2.24) is 10.6 Å². The summed E-state index contributed by atoms with van der Waals surface area (Å²) in [4.78, 5) is 50.9. The number of nitrogens with one attached hydrogen (secondary N) is 2. The summed E-state index contributed by atoms with van der Waals surface area (Å²) in [6.07, 6.45) is 4.53. The van der Waals surface area contributed by atoms with Crippen molar-refractivity contribution in [3.8, 4) is 0 Å². The first-order valence-electron chi connectivity index (χ1n) is 14.0. The number of benzene rings is 2. The summed E-state index contributed by atoms with van der Waals surface area (Å²) < 4.78 is 0. The van der Waals surface area contributed by atoms with Crippen molar-refractivity contribution in [2.45, 2.75) is 65.2 Å². The van der Waals surface area contributed by atoms with E-state index in [4.69, 9.17) is 0 Å². The van der Waals surface area contributed by atoms with Crippen LogP contribution in [0.3, 0.4) is 0 Å². The number of hydrogen-bond acceptors (Lipinski definition) is 6. The summed E-state index contributed by atoms with van der Waals surface area (Å²) in [5, 5.41) is 14.0. The number of amides is 4. The fourth-order valence-corrected chi connectivity index (χ4v) is 3.79. The molecular formula is C32H41N5O4. The first-order valence-corrected chi connectivity index (χ1v) is 14.0. The van der Waals surface area contributed by atoms with Crippen LogP contribution in [0.5, 0.6) is 0 Å². The highest BCUT2D eigenvalue weighted by molar-refractivity contribution is 6.14. The van der Waals surface area contributed by atoms with Crippen LogP contribution in [-0.2, 0) is 19.2 Å². The molecule has 0 aliphatic heterocycles. The molecule has 0 unspecified atom stereocenters. The van der Waals surface area contributed by atoms with Crippen LogP contribution in [0.1, 0.15) is 65.2 Å². The van der Waals surface area contributed by atoms with E-state index in [0.717, 1.165) is 31.4 Å². The molecule has 0 atom stereocenters. The second-order valence-corrected chi connectivity index (χ2v) is 9.87. The summed E-state index contributed by atoms with van der Waals surface area (Å²) in [6, 6.07) is 16.2. The standard InChI is InChI=1S/C32H41N5O4/c1-24(2)31(40)33-22-12-6-10-16-29(38)37(30(39)17-11-7-13-23-34-32(41)25(3)4)28-20-18-27(19-21-28)36-35-26-14-8-5-9-15-26/h5,8-9,14-15,18-21H,1,3,6-7,10-13,16-17,22-23H2,2,4H3,(H,33,40)(H,34,41). The molecule has 0 spiro atoms. The largest absolute Gasteiger partial charge is 0.352 e. The van der Waals surface area contributed by atoms with Gasteiger partial charge in [0.15, 0.2) is 0 Å². The van der Waals surface area contributed by atoms with Crippen molar-refractivity contribution in [3.05, 3.63) is 78.9 Å². The van der Waals surface area contributed by atoms with E-state index in [1.54, 1.807) is 38.1 Å². The number of imide groups is 1. The highest BCUT2D eigenvalue weighted by Crippen LogP contribution is 2.24. The number of unbranched alkanes of at least 4 members (excludes halogenated alkanes) is 4. The number of anilines is 1. The minimum atomic E-state index is -0.270. The third-order valence-electron chi connectivity index (χ3n) is 6.13. The van der Waals surface area contributed by atoms with Crippen molar-refractivity contribution in [2.24, 2.45) is 10.2 Å². The Morgan fingerprint density at radius 3 is 1.51 bits per heavy atom. The van der Waals surface area contributed by atoms with E-state index < -0.39 is 0 Å². The fraction of sp³-hybridized carbons (Fsp3) is 0.375. The van der Waals surface area contributed by atoms with Gasteiger partial charge in [0.2, 0.25) is 23.6 Å². The maximum Gasteiger partial charge on any atom is 0.246 e. The molecule has 9 heteroatoms. The van der Waals surface area contributed by atoms with Crippen LogP contribution in [0.25, 0.3) is 0 Å². The Kier molecular flexibility index (Phi) is 14.4. The summed E-state index contributed by atoms with van der Waals surface area (Å²) in [5.41, 5.74) is 2.73. The summed E-state index contributed by atoms with van der Waals surface area (Å²) in [5.74, 6) is -0.896. The highest BCUT2D eigenvalue weighted by atomic mass is 16.2. The second-order valence-electron chi connectivity index (χ2n) is 9.87. The molecule has 0 fully saturated rings. The van der Waals surface area contributed by atoms with Crippen LogP contribution in [0.4, 0.5) is 17.1 Å². The number of nitrogens with zero attached hydrogens (tertiary/aromatic N) is 3. The van der Waals surface area contributed by atoms with Crippen LogP contribution in [0.15, 0.2) is 89.1 Å². The summed E-state index contributed by atoms with van der Waals surface area (Å²) in [6.45, 7) is 11.5. The molecule has 0 saturated carbocycles. The van der Waals surface area contributed by atoms with Gasteiger partial charge in [0.25, 0.3) is 0 Å². The Balaban J connectivity index is 1.97. The molecule has 2 rings (SSSR count). The van der Waals surface area contributed by atoms with Crippen molar-refractivity contribution < 1.29 is 19.2 Å². The molecule has 9 nitrogen and oxygen atoms in total. The zero-order valence-corrected chi connectivity index (χ0v) is 24.2. The first-order chi connectivity index (χ1) is 19.7. The molecule has 218 valence electrons. The lowest BCUT2D eigenvalue weighted by atomic mass is 10.1. The minimum Gasteiger partial charge on any atom is -0.352 e. The zero-order valence-electron chi connectivity index (χ0n) is 24.2. The number of carbonyl (C=O) groups is 4. The van der Waals surface area contributed by atoms with E-state index in [9.17, 15) is 19.2 Å². The van der Waals surface area contributed by atoms with Gasteiger partial charge in [0, 0.05) is 37.1 Å². The molecule has 0 aliphatic rings. The van der Waals surface area contributed by atoms with Gasteiger partial charge in [-0.2, -0.15) is 10.2 Å². The van der Waals surface area contributed by atoms with Gasteiger partial charge in [-0.3, -0.25) is 24.1 Å². The number of hydrogen-bond donors (Lipinski definition) is 2. The van der Waals surface area contributed by atoms with Crippen LogP contribution in [-0.4, -0.2) is 36.7 Å². The van der Waals surface area contributed by atoms with Crippen LogP contribution in [0, 0.1) is 0 Å². The SMILES string of the molecule is C=C(C)C(=O)NCCCCCC(=O)N(C(=O)CCCCCNC(=O)C(=C)C)c1ccc(N=Nc2ccccc2)cc1. The molecule has 0 heterocycles. The van der Waals surface area contributed by atoms with Gasteiger partial charge < -0.3 is 10.6 Å². The molecule has 0 bridgehead atoms. The van der Waals surface area contributed by atoms with Crippen molar-refractivity contribution in [3.63, 3.8) is 0 Å². The van der Waals surface area contributed by atoms with Gasteiger partial charge in [-0.05, 0) is 75.9 Å². The normalized spacial score (nSPS) is 10.7. The van der Waals surface area contributed by atoms with Gasteiger partial charge in [-0.15, -0.1) is 0 Å². The van der Waals surface area contributed by atoms with Gasteiger partial charge >= 0.3 is 0 Å². The predicted molar refractivity (Wildman–Crippen MR) is 162 cm³/mol. The number of carbonyl (C=O) groups excluding carboxylic acids is 4. The van der Waals surface area contributed by atoms with E-state index in [2.05, 4.69) is 34.0 Å². The molecule has 2 N–H and O–H groups in total. The van der Waals surface area contributed by atoms with Crippen molar-refractivity contribution >= 4 is 40.7 Å². The summed E-state index contributed by atoms with van der Waals surface area (Å²) >= 11 is 0. The Morgan fingerprint density at radius 1 is 0.634 bits per heavy atom. The number of rotatable bonds is 17. The summed E-state index contributed by atoms with van der Waals surface area (Å²) in [7, 11) is 0. The van der Waals surface area contributed by atoms with E-state index >= 15 is 0 Å². The predicted octanol–water partition coefficient (Wildman–Crippen LogP) is 6.47. The smallest absolute Gasteiger partial charge is 0.246 e. The minimum absolute atomic E-state index is 0.178. The van der Waals surface area contributed by atoms with Gasteiger partial charge in [0.05, 0.1) is 17.1 Å². The molecule has 2 aromatic carbocycles. The second kappa shape index (κ2) is 18.0. The van der Waals surface area contributed by atoms with Crippen molar-refractivity contribution in [1.29, 1.82) is 0 Å². The number of azo groups is 1. The Morgan fingerprint density at radius 2 is 1.07 bits per heavy atom. The zero-order chi connectivity index (χ0) is 30.0. The first kappa shape index (κ1) is 32.8. The van der Waals surface area contributed by atoms with E-state index in [-0.39, 0.29) is 36.5 Å². The van der Waals surface area contributed by atoms with Crippen LogP contribution >= 0.6 is 0 Å². The van der Waals surface area contributed by atoms with Gasteiger partial charge in [-0.1, -0.05) is 44.2 Å². The molecule has 4 amide bonds. The molecule has 0 radical (unpaired) electrons. The van der Waals surface area contributed by atoms with E-state index in [0.29, 0.717) is 48.5 Å². The van der Waals surface area contributed by atoms with Gasteiger partial charge in [-0.25, -0.2) is 0 Å². The van der Waals surface area contributed by atoms with Crippen LogP contribution in [0.2, 0.25) is 0 Å². The quantitative estimate of drug-likeness (QED) is 0.131. The van der Waals surface area contributed by atoms with Crippen LogP contribution < -0.4 is 15.5 Å². The third-order valence-corrected chi connectivity index (χ3v) is 6.13. The lowest BCUT2D eigenvalue weighted by Crippen LogP contribution is -2.36. The fourth-order valence-electron chi connectivity index (χ4n) is 3.79. The molecule has 41 heavy (non-hydrogen) atoms. The molecule has 0 saturated heterocycles. The molecule has 0 aromatic heterocycles. The van der Waals surface area contributed by atoms with E-state index in [1.165, 1.54) is 4.90 Å². The molecule has 0 aliphatic carbocycles. The van der Waals surface area contributed by atoms with E-state index in [1.807, 2.05) is 30.3 Å². The highest BCUT2D eigenvalue weighted by Gasteiger charge is 2.22. The maximum atomic E-state index is 13.2. The monoisotopic (exact) mass is 559 g/mol. The molecular weight excluding hydrogens is 518 g/mol. The lowest BCUT2D eigenvalue weighted by Gasteiger charge is -2.21. The third kappa shape index (κ3) is 12.5. The maximum absolute atomic E-state index is 13.2. The average Bonchev–Trinajstić information content (AvgIpc) is 2.96. The van der Waals surface area contributed by atoms with Crippen molar-refractivity contribution in [2.75, 3.05) is 18.0 Å². The molecule has 2 aromatic rings. The topological polar surface area (TPSA) is 120 Å². The Bertz CT molecular complexity index is 1170. The lowest BCUT2D eigenvalue weighted by molar-refractivity contribution is -0.127. The Hall–Kier alpha value is -4.40. The van der Waals surface area contributed by atoms with Gasteiger partial charge in [0.1, 0.15) is 0 Å². The Labute approximate surface area is 242 Å². The average molecular weight is 560 g/mol.